The standard InChI is InChI=1S/C13H17FN2O3/c14-5-7-19-12-3-1-2-10(8-12)15-13(18)16-6-4-11(17)9-16/h1-3,8,11,17H,4-7,9H2,(H,15,18)/t11-/m0/s1. The predicted octanol–water partition coefficient (Wildman–Crippen LogP) is 1.63. The number of halogens is 1. The molecule has 1 aromatic rings. The monoisotopic (exact) mass is 268 g/mol. The van der Waals surface area contributed by atoms with E-state index in [0.717, 1.165) is 0 Å². The van der Waals surface area contributed by atoms with Crippen LogP contribution >= 0.6 is 0 Å². The Labute approximate surface area is 111 Å². The summed E-state index contributed by atoms with van der Waals surface area (Å²) in [6.07, 6.45) is 0.164. The predicted molar refractivity (Wildman–Crippen MR) is 69.1 cm³/mol. The third-order valence-corrected chi connectivity index (χ3v) is 2.88. The highest BCUT2D eigenvalue weighted by Crippen LogP contribution is 2.18. The largest absolute Gasteiger partial charge is 0.491 e. The van der Waals surface area contributed by atoms with Crippen molar-refractivity contribution in [3.05, 3.63) is 24.3 Å². The Balaban J connectivity index is 1.93. The molecule has 0 aromatic heterocycles. The smallest absolute Gasteiger partial charge is 0.321 e. The number of rotatable bonds is 4. The Bertz CT molecular complexity index is 442. The number of carbonyl (C=O) groups excluding carboxylic acids is 1. The third-order valence-electron chi connectivity index (χ3n) is 2.88. The van der Waals surface area contributed by atoms with Crippen molar-refractivity contribution in [1.82, 2.24) is 4.90 Å². The summed E-state index contributed by atoms with van der Waals surface area (Å²) in [6, 6.07) is 6.54. The Morgan fingerprint density at radius 1 is 1.58 bits per heavy atom. The van der Waals surface area contributed by atoms with E-state index in [1.54, 1.807) is 29.2 Å². The number of nitrogens with zero attached hydrogens (tertiary/aromatic N) is 1. The van der Waals surface area contributed by atoms with Gasteiger partial charge in [-0.1, -0.05) is 6.07 Å². The van der Waals surface area contributed by atoms with E-state index in [1.807, 2.05) is 0 Å². The second kappa shape index (κ2) is 6.38. The van der Waals surface area contributed by atoms with E-state index in [2.05, 4.69) is 5.32 Å². The van der Waals surface area contributed by atoms with Crippen molar-refractivity contribution in [1.29, 1.82) is 0 Å². The highest BCUT2D eigenvalue weighted by Gasteiger charge is 2.24. The molecular weight excluding hydrogens is 251 g/mol. The number of amides is 2. The molecule has 1 fully saturated rings. The number of β-amino-alcohol motifs (C(OH)–C–C–N with tert-alkyl or cyclic N) is 1. The van der Waals surface area contributed by atoms with Crippen LogP contribution in [0, 0.1) is 0 Å². The lowest BCUT2D eigenvalue weighted by Crippen LogP contribution is -2.33. The summed E-state index contributed by atoms with van der Waals surface area (Å²) >= 11 is 0. The zero-order valence-electron chi connectivity index (χ0n) is 10.5. The van der Waals surface area contributed by atoms with Gasteiger partial charge in [-0.3, -0.25) is 0 Å². The van der Waals surface area contributed by atoms with Crippen LogP contribution in [0.15, 0.2) is 24.3 Å². The van der Waals surface area contributed by atoms with Gasteiger partial charge in [0.1, 0.15) is 19.0 Å². The number of aliphatic hydroxyl groups is 1. The maximum Gasteiger partial charge on any atom is 0.321 e. The number of anilines is 1. The molecule has 1 atom stereocenters. The molecule has 0 saturated carbocycles. The van der Waals surface area contributed by atoms with Crippen LogP contribution in [0.1, 0.15) is 6.42 Å². The third kappa shape index (κ3) is 3.82. The molecule has 2 amide bonds. The van der Waals surface area contributed by atoms with Crippen molar-refractivity contribution in [3.63, 3.8) is 0 Å². The first-order valence-electron chi connectivity index (χ1n) is 6.22. The van der Waals surface area contributed by atoms with Gasteiger partial charge in [0, 0.05) is 24.8 Å². The van der Waals surface area contributed by atoms with E-state index in [4.69, 9.17) is 4.74 Å². The minimum atomic E-state index is -0.553. The summed E-state index contributed by atoms with van der Waals surface area (Å²) in [5.74, 6) is 0.511. The summed E-state index contributed by atoms with van der Waals surface area (Å²) in [7, 11) is 0. The van der Waals surface area contributed by atoms with E-state index < -0.39 is 12.8 Å². The number of likely N-dealkylation sites (tertiary alicyclic amines) is 1. The van der Waals surface area contributed by atoms with Crippen molar-refractivity contribution < 1.29 is 19.0 Å². The van der Waals surface area contributed by atoms with Crippen LogP contribution in [0.2, 0.25) is 0 Å². The normalized spacial score (nSPS) is 18.4. The van der Waals surface area contributed by atoms with E-state index in [9.17, 15) is 14.3 Å². The molecule has 1 aliphatic rings. The first-order chi connectivity index (χ1) is 9.19. The molecule has 1 saturated heterocycles. The zero-order valence-corrected chi connectivity index (χ0v) is 10.5. The van der Waals surface area contributed by atoms with Crippen LogP contribution in [0.5, 0.6) is 5.75 Å². The van der Waals surface area contributed by atoms with Crippen molar-refractivity contribution in [2.24, 2.45) is 0 Å². The van der Waals surface area contributed by atoms with E-state index in [-0.39, 0.29) is 12.6 Å². The summed E-state index contributed by atoms with van der Waals surface area (Å²) in [4.78, 5) is 13.4. The number of aliphatic hydroxyl groups excluding tert-OH is 1. The molecule has 0 spiro atoms. The molecule has 1 aliphatic heterocycles. The average Bonchev–Trinajstić information content (AvgIpc) is 2.83. The lowest BCUT2D eigenvalue weighted by atomic mass is 10.3. The summed E-state index contributed by atoms with van der Waals surface area (Å²) in [5, 5.41) is 12.1. The van der Waals surface area contributed by atoms with Crippen LogP contribution < -0.4 is 10.1 Å². The molecule has 1 heterocycles. The highest BCUT2D eigenvalue weighted by atomic mass is 19.1. The fourth-order valence-electron chi connectivity index (χ4n) is 1.95. The molecule has 2 N–H and O–H groups in total. The van der Waals surface area contributed by atoms with Gasteiger partial charge in [0.15, 0.2) is 0 Å². The van der Waals surface area contributed by atoms with Gasteiger partial charge < -0.3 is 20.1 Å². The second-order valence-electron chi connectivity index (χ2n) is 4.38. The minimum absolute atomic E-state index is 0.00425. The Morgan fingerprint density at radius 3 is 3.11 bits per heavy atom. The fraction of sp³-hybridized carbons (Fsp3) is 0.462. The fourth-order valence-corrected chi connectivity index (χ4v) is 1.95. The van der Waals surface area contributed by atoms with Crippen LogP contribution in [-0.4, -0.2) is 48.5 Å². The van der Waals surface area contributed by atoms with Crippen LogP contribution in [0.4, 0.5) is 14.9 Å². The van der Waals surface area contributed by atoms with Crippen molar-refractivity contribution in [2.75, 3.05) is 31.7 Å². The van der Waals surface area contributed by atoms with Gasteiger partial charge in [0.2, 0.25) is 0 Å². The highest BCUT2D eigenvalue weighted by molar-refractivity contribution is 5.89. The molecule has 5 nitrogen and oxygen atoms in total. The molecule has 0 unspecified atom stereocenters. The number of carbonyl (C=O) groups is 1. The zero-order chi connectivity index (χ0) is 13.7. The van der Waals surface area contributed by atoms with Crippen LogP contribution in [0.25, 0.3) is 0 Å². The first-order valence-corrected chi connectivity index (χ1v) is 6.22. The lowest BCUT2D eigenvalue weighted by molar-refractivity contribution is 0.176. The second-order valence-corrected chi connectivity index (χ2v) is 4.38. The number of urea groups is 1. The van der Waals surface area contributed by atoms with Gasteiger partial charge in [-0.2, -0.15) is 0 Å². The van der Waals surface area contributed by atoms with Crippen LogP contribution in [-0.2, 0) is 0 Å². The van der Waals surface area contributed by atoms with Gasteiger partial charge in [-0.15, -0.1) is 0 Å². The maximum atomic E-state index is 12.0. The number of hydrogen-bond donors (Lipinski definition) is 2. The number of nitrogens with one attached hydrogen (secondary N) is 1. The minimum Gasteiger partial charge on any atom is -0.491 e. The number of hydrogen-bond acceptors (Lipinski definition) is 3. The molecule has 0 bridgehead atoms. The van der Waals surface area contributed by atoms with E-state index >= 15 is 0 Å². The quantitative estimate of drug-likeness (QED) is 0.872. The Hall–Kier alpha value is -1.82. The topological polar surface area (TPSA) is 61.8 Å². The van der Waals surface area contributed by atoms with Gasteiger partial charge in [-0.25, -0.2) is 9.18 Å². The number of benzene rings is 1. The summed E-state index contributed by atoms with van der Waals surface area (Å²) < 4.78 is 17.1. The first kappa shape index (κ1) is 13.6. The van der Waals surface area contributed by atoms with Gasteiger partial charge in [0.25, 0.3) is 0 Å². The maximum absolute atomic E-state index is 12.0. The van der Waals surface area contributed by atoms with Gasteiger partial charge in [0.05, 0.1) is 6.10 Å². The summed E-state index contributed by atoms with van der Waals surface area (Å²) in [6.45, 7) is 0.340. The van der Waals surface area contributed by atoms with Crippen molar-refractivity contribution in [2.45, 2.75) is 12.5 Å². The molecule has 19 heavy (non-hydrogen) atoms. The molecule has 0 aliphatic carbocycles. The van der Waals surface area contributed by atoms with E-state index in [1.165, 1.54) is 0 Å². The Kier molecular flexibility index (Phi) is 4.57. The summed E-state index contributed by atoms with van der Waals surface area (Å²) in [5.41, 5.74) is 0.586. The SMILES string of the molecule is O=C(Nc1cccc(OCCF)c1)N1CC[C@H](O)C1. The molecular formula is C13H17FN2O3. The number of ether oxygens (including phenoxy) is 1. The van der Waals surface area contributed by atoms with Crippen molar-refractivity contribution in [3.8, 4) is 5.75 Å². The van der Waals surface area contributed by atoms with Crippen molar-refractivity contribution >= 4 is 11.7 Å². The lowest BCUT2D eigenvalue weighted by Gasteiger charge is -2.16. The molecule has 2 rings (SSSR count). The van der Waals surface area contributed by atoms with Crippen LogP contribution in [0.3, 0.4) is 0 Å². The van der Waals surface area contributed by atoms with E-state index in [0.29, 0.717) is 30.9 Å². The molecule has 1 aromatic carbocycles. The molecule has 0 radical (unpaired) electrons. The Morgan fingerprint density at radius 2 is 2.42 bits per heavy atom. The van der Waals surface area contributed by atoms with Gasteiger partial charge in [-0.05, 0) is 18.6 Å². The average molecular weight is 268 g/mol. The molecule has 104 valence electrons. The number of alkyl halides is 1. The van der Waals surface area contributed by atoms with Gasteiger partial charge >= 0.3 is 6.03 Å². The molecule has 6 heteroatoms.